The molecule has 26 heavy (non-hydrogen) atoms. The largest absolute Gasteiger partial charge is 0.379 e. The Morgan fingerprint density at radius 1 is 1.42 bits per heavy atom. The minimum atomic E-state index is -3.62. The molecule has 1 aromatic carbocycles. The summed E-state index contributed by atoms with van der Waals surface area (Å²) in [5.41, 5.74) is 1.24. The molecule has 1 unspecified atom stereocenters. The molecule has 1 heterocycles. The lowest BCUT2D eigenvalue weighted by Crippen LogP contribution is -2.40. The van der Waals surface area contributed by atoms with Crippen molar-refractivity contribution in [2.45, 2.75) is 31.3 Å². The Morgan fingerprint density at radius 3 is 2.77 bits per heavy atom. The fourth-order valence-corrected chi connectivity index (χ4v) is 3.91. The van der Waals surface area contributed by atoms with Crippen molar-refractivity contribution in [3.05, 3.63) is 36.4 Å². The Bertz CT molecular complexity index is 742. The number of carbonyl (C=O) groups is 1. The summed E-state index contributed by atoms with van der Waals surface area (Å²) in [6.07, 6.45) is 1.73. The van der Waals surface area contributed by atoms with E-state index in [9.17, 15) is 13.2 Å². The molecule has 0 aliphatic carbocycles. The van der Waals surface area contributed by atoms with Crippen molar-refractivity contribution in [2.75, 3.05) is 38.2 Å². The van der Waals surface area contributed by atoms with E-state index in [1.54, 1.807) is 25.1 Å². The molecule has 1 amide bonds. The molecule has 8 heteroatoms. The summed E-state index contributed by atoms with van der Waals surface area (Å²) >= 11 is 0. The molecule has 1 atom stereocenters. The van der Waals surface area contributed by atoms with Gasteiger partial charge in [0.05, 0.1) is 24.7 Å². The summed E-state index contributed by atoms with van der Waals surface area (Å²) in [4.78, 5) is 12.4. The quantitative estimate of drug-likeness (QED) is 0.549. The van der Waals surface area contributed by atoms with E-state index in [0.29, 0.717) is 45.0 Å². The van der Waals surface area contributed by atoms with Crippen LogP contribution in [0.1, 0.15) is 18.9 Å². The Balaban J connectivity index is 2.13. The SMILES string of the molecule is C=CCCOC(C)C(=O)Nc1cc(S(=O)(=O)N2CCOCC2)ccc1C. The summed E-state index contributed by atoms with van der Waals surface area (Å²) in [5.74, 6) is -0.321. The fourth-order valence-electron chi connectivity index (χ4n) is 2.47. The number of rotatable bonds is 8. The molecular weight excluding hydrogens is 356 g/mol. The van der Waals surface area contributed by atoms with Crippen LogP contribution in [0.3, 0.4) is 0 Å². The van der Waals surface area contributed by atoms with Crippen LogP contribution in [0.2, 0.25) is 0 Å². The van der Waals surface area contributed by atoms with Crippen LogP contribution >= 0.6 is 0 Å². The third kappa shape index (κ3) is 5.14. The molecule has 0 radical (unpaired) electrons. The van der Waals surface area contributed by atoms with Gasteiger partial charge in [0.25, 0.3) is 5.91 Å². The lowest BCUT2D eigenvalue weighted by Gasteiger charge is -2.26. The molecular formula is C18H26N2O5S. The highest BCUT2D eigenvalue weighted by Crippen LogP contribution is 2.24. The van der Waals surface area contributed by atoms with Crippen molar-refractivity contribution >= 4 is 21.6 Å². The average Bonchev–Trinajstić information content (AvgIpc) is 2.64. The van der Waals surface area contributed by atoms with Crippen LogP contribution in [0.5, 0.6) is 0 Å². The number of aryl methyl sites for hydroxylation is 1. The lowest BCUT2D eigenvalue weighted by atomic mass is 10.2. The van der Waals surface area contributed by atoms with Gasteiger partial charge in [0.2, 0.25) is 10.0 Å². The van der Waals surface area contributed by atoms with Gasteiger partial charge < -0.3 is 14.8 Å². The number of hydrogen-bond acceptors (Lipinski definition) is 5. The number of nitrogens with one attached hydrogen (secondary N) is 1. The molecule has 1 N–H and O–H groups in total. The number of benzene rings is 1. The third-order valence-electron chi connectivity index (χ3n) is 4.13. The van der Waals surface area contributed by atoms with Gasteiger partial charge in [-0.15, -0.1) is 6.58 Å². The predicted octanol–water partition coefficient (Wildman–Crippen LogP) is 1.94. The number of carbonyl (C=O) groups excluding carboxylic acids is 1. The zero-order valence-corrected chi connectivity index (χ0v) is 16.0. The van der Waals surface area contributed by atoms with Crippen molar-refractivity contribution in [1.29, 1.82) is 0 Å². The van der Waals surface area contributed by atoms with Crippen LogP contribution in [0, 0.1) is 6.92 Å². The van der Waals surface area contributed by atoms with Gasteiger partial charge in [0.1, 0.15) is 6.10 Å². The van der Waals surface area contributed by atoms with E-state index in [0.717, 1.165) is 5.56 Å². The number of hydrogen-bond donors (Lipinski definition) is 1. The van der Waals surface area contributed by atoms with Gasteiger partial charge in [-0.3, -0.25) is 4.79 Å². The van der Waals surface area contributed by atoms with Crippen molar-refractivity contribution in [3.63, 3.8) is 0 Å². The first-order chi connectivity index (χ1) is 12.4. The van der Waals surface area contributed by atoms with E-state index in [1.165, 1.54) is 10.4 Å². The van der Waals surface area contributed by atoms with Gasteiger partial charge in [0, 0.05) is 18.8 Å². The maximum atomic E-state index is 12.8. The van der Waals surface area contributed by atoms with Crippen LogP contribution in [-0.2, 0) is 24.3 Å². The van der Waals surface area contributed by atoms with Gasteiger partial charge >= 0.3 is 0 Å². The summed E-state index contributed by atoms with van der Waals surface area (Å²) in [6, 6.07) is 4.74. The zero-order chi connectivity index (χ0) is 19.2. The van der Waals surface area contributed by atoms with Crippen LogP contribution in [0.15, 0.2) is 35.7 Å². The van der Waals surface area contributed by atoms with Gasteiger partial charge in [-0.2, -0.15) is 4.31 Å². The highest BCUT2D eigenvalue weighted by atomic mass is 32.2. The Morgan fingerprint density at radius 2 is 2.12 bits per heavy atom. The molecule has 1 saturated heterocycles. The summed E-state index contributed by atoms with van der Waals surface area (Å²) in [7, 11) is -3.62. The summed E-state index contributed by atoms with van der Waals surface area (Å²) < 4.78 is 37.6. The Labute approximate surface area is 155 Å². The monoisotopic (exact) mass is 382 g/mol. The molecule has 2 rings (SSSR count). The number of amides is 1. The van der Waals surface area contributed by atoms with E-state index in [1.807, 2.05) is 6.92 Å². The Hall–Kier alpha value is -1.74. The number of ether oxygens (including phenoxy) is 2. The minimum absolute atomic E-state index is 0.153. The second-order valence-electron chi connectivity index (χ2n) is 6.07. The first-order valence-corrected chi connectivity index (χ1v) is 10.0. The second kappa shape index (κ2) is 9.27. The van der Waals surface area contributed by atoms with Crippen molar-refractivity contribution in [1.82, 2.24) is 4.31 Å². The molecule has 0 saturated carbocycles. The first kappa shape index (κ1) is 20.6. The normalized spacial score (nSPS) is 16.8. The number of sulfonamides is 1. The van der Waals surface area contributed by atoms with Gasteiger partial charge in [0.15, 0.2) is 0 Å². The molecule has 1 fully saturated rings. The van der Waals surface area contributed by atoms with Gasteiger partial charge in [-0.1, -0.05) is 12.1 Å². The third-order valence-corrected chi connectivity index (χ3v) is 6.03. The molecule has 1 aliphatic rings. The van der Waals surface area contributed by atoms with Crippen molar-refractivity contribution < 1.29 is 22.7 Å². The smallest absolute Gasteiger partial charge is 0.253 e. The molecule has 0 aromatic heterocycles. The molecule has 7 nitrogen and oxygen atoms in total. The van der Waals surface area contributed by atoms with Crippen LogP contribution in [-0.4, -0.2) is 57.6 Å². The number of nitrogens with zero attached hydrogens (tertiary/aromatic N) is 1. The summed E-state index contributed by atoms with van der Waals surface area (Å²) in [6.45, 7) is 8.89. The molecule has 144 valence electrons. The maximum absolute atomic E-state index is 12.8. The topological polar surface area (TPSA) is 84.9 Å². The fraction of sp³-hybridized carbons (Fsp3) is 0.500. The molecule has 1 aliphatic heterocycles. The van der Waals surface area contributed by atoms with Crippen LogP contribution < -0.4 is 5.32 Å². The lowest BCUT2D eigenvalue weighted by molar-refractivity contribution is -0.126. The van der Waals surface area contributed by atoms with E-state index >= 15 is 0 Å². The first-order valence-electron chi connectivity index (χ1n) is 8.58. The van der Waals surface area contributed by atoms with E-state index in [-0.39, 0.29) is 10.8 Å². The molecule has 1 aromatic rings. The average molecular weight is 382 g/mol. The van der Waals surface area contributed by atoms with Gasteiger partial charge in [-0.05, 0) is 38.0 Å². The standard InChI is InChI=1S/C18H26N2O5S/c1-4-5-10-25-15(3)18(21)19-17-13-16(7-6-14(17)2)26(22,23)20-8-11-24-12-9-20/h4,6-7,13,15H,1,5,8-12H2,2-3H3,(H,19,21). The maximum Gasteiger partial charge on any atom is 0.253 e. The van der Waals surface area contributed by atoms with Crippen LogP contribution in [0.25, 0.3) is 0 Å². The highest BCUT2D eigenvalue weighted by molar-refractivity contribution is 7.89. The summed E-state index contributed by atoms with van der Waals surface area (Å²) in [5, 5.41) is 2.75. The van der Waals surface area contributed by atoms with Gasteiger partial charge in [-0.25, -0.2) is 8.42 Å². The number of morpholine rings is 1. The van der Waals surface area contributed by atoms with Crippen LogP contribution in [0.4, 0.5) is 5.69 Å². The van der Waals surface area contributed by atoms with E-state index in [4.69, 9.17) is 9.47 Å². The minimum Gasteiger partial charge on any atom is -0.379 e. The van der Waals surface area contributed by atoms with Crippen molar-refractivity contribution in [3.8, 4) is 0 Å². The molecule has 0 spiro atoms. The molecule has 0 bridgehead atoms. The Kier molecular flexibility index (Phi) is 7.33. The number of anilines is 1. The van der Waals surface area contributed by atoms with E-state index < -0.39 is 16.1 Å². The predicted molar refractivity (Wildman–Crippen MR) is 99.6 cm³/mol. The highest BCUT2D eigenvalue weighted by Gasteiger charge is 2.27. The van der Waals surface area contributed by atoms with Crippen molar-refractivity contribution in [2.24, 2.45) is 0 Å². The van der Waals surface area contributed by atoms with E-state index in [2.05, 4.69) is 11.9 Å². The second-order valence-corrected chi connectivity index (χ2v) is 8.01. The zero-order valence-electron chi connectivity index (χ0n) is 15.2.